The number of nitrogens with zero attached hydrogens (tertiary/aromatic N) is 9. The van der Waals surface area contributed by atoms with Crippen molar-refractivity contribution < 1.29 is 45.5 Å². The molecule has 6 aromatic rings. The summed E-state index contributed by atoms with van der Waals surface area (Å²) < 4.78 is 85.5. The number of piperazine rings is 2. The van der Waals surface area contributed by atoms with E-state index in [-0.39, 0.29) is 28.6 Å². The fourth-order valence-electron chi connectivity index (χ4n) is 9.27. The minimum atomic E-state index is -4.74. The highest BCUT2D eigenvalue weighted by Crippen LogP contribution is 2.38. The van der Waals surface area contributed by atoms with E-state index in [1.54, 1.807) is 41.6 Å². The monoisotopic (exact) mass is 1110 g/mol. The van der Waals surface area contributed by atoms with Gasteiger partial charge in [0.15, 0.2) is 0 Å². The third-order valence-electron chi connectivity index (χ3n) is 13.2. The smallest absolute Gasteiger partial charge is 0.417 e. The van der Waals surface area contributed by atoms with E-state index in [0.29, 0.717) is 56.1 Å². The lowest BCUT2D eigenvalue weighted by Crippen LogP contribution is -2.50. The van der Waals surface area contributed by atoms with E-state index in [1.165, 1.54) is 24.3 Å². The normalized spacial score (nSPS) is 14.8. The SMILES string of the molecule is CC.CC(C)(C)OC(=O)N1CCN(c2ccc(C3=Nc4c(cccc4C(=O)Nc4ccc(C#N)c(C(F)(F)F)c4)C3)cn2)CC1.N#Cc1ccc(NC(=O)c2cccc3c2N=C(c2ccc(N4CCNCC4)nc2)C3)cc1C(F)(F)F. The quantitative estimate of drug-likeness (QED) is 0.122. The summed E-state index contributed by atoms with van der Waals surface area (Å²) in [6.07, 6.45) is -5.32. The van der Waals surface area contributed by atoms with Crippen molar-refractivity contribution in [1.29, 1.82) is 10.5 Å². The second-order valence-corrected chi connectivity index (χ2v) is 19.7. The van der Waals surface area contributed by atoms with Gasteiger partial charge in [0.2, 0.25) is 0 Å². The number of pyridine rings is 2. The van der Waals surface area contributed by atoms with E-state index in [1.807, 2.05) is 71.0 Å². The molecule has 2 aromatic heterocycles. The Hall–Kier alpha value is -9.15. The standard InChI is InChI=1S/C31H29F3N6O3.C26H21F3N6O.C2H6/c1-30(2,3)43-29(42)40-13-11-39(12-14-40)26-10-8-21(18-36-26)25-15-19-5-4-6-23(27(19)38-25)28(41)37-22-9-7-20(17-35)24(16-22)31(32,33)34;27-26(28,29)21-13-19(6-4-17(21)14-30)33-25(36)20-3-1-2-16-12-22(34-24(16)20)18-5-7-23(32-15-18)35-10-8-31-9-11-35;1-2/h4-10,16,18H,11-15H2,1-3H3,(H,37,41);1-7,13,15,31H,8-12H2,(H,33,36);1-2H3. The number of nitriles is 2. The molecule has 2 saturated heterocycles. The summed E-state index contributed by atoms with van der Waals surface area (Å²) in [5.41, 5.74) is 2.22. The second-order valence-electron chi connectivity index (χ2n) is 19.7. The van der Waals surface area contributed by atoms with Gasteiger partial charge in [-0.1, -0.05) is 38.1 Å². The van der Waals surface area contributed by atoms with Crippen LogP contribution in [0.2, 0.25) is 0 Å². The molecule has 22 heteroatoms. The summed E-state index contributed by atoms with van der Waals surface area (Å²) in [6.45, 7) is 15.4. The number of amides is 3. The van der Waals surface area contributed by atoms with Crippen LogP contribution in [0, 0.1) is 22.7 Å². The molecule has 4 aromatic carbocycles. The summed E-state index contributed by atoms with van der Waals surface area (Å²) in [4.78, 5) is 63.0. The molecular formula is C59H56F6N12O4. The Labute approximate surface area is 463 Å². The van der Waals surface area contributed by atoms with Crippen LogP contribution in [0.25, 0.3) is 0 Å². The van der Waals surface area contributed by atoms with Gasteiger partial charge < -0.3 is 35.4 Å². The van der Waals surface area contributed by atoms with Crippen LogP contribution in [0.1, 0.15) is 99.8 Å². The molecule has 3 amide bonds. The molecule has 0 radical (unpaired) electrons. The van der Waals surface area contributed by atoms with E-state index in [0.717, 1.165) is 90.0 Å². The molecule has 3 N–H and O–H groups in total. The van der Waals surface area contributed by atoms with E-state index < -0.39 is 52.0 Å². The Morgan fingerprint density at radius 2 is 1.02 bits per heavy atom. The van der Waals surface area contributed by atoms with Crippen molar-refractivity contribution in [2.75, 3.05) is 72.8 Å². The predicted molar refractivity (Wildman–Crippen MR) is 296 cm³/mol. The maximum Gasteiger partial charge on any atom is 0.417 e. The Morgan fingerprint density at radius 1 is 0.593 bits per heavy atom. The van der Waals surface area contributed by atoms with Crippen LogP contribution in [-0.2, 0) is 29.9 Å². The largest absolute Gasteiger partial charge is 0.444 e. The van der Waals surface area contributed by atoms with Crippen molar-refractivity contribution in [2.45, 2.75) is 65.4 Å². The van der Waals surface area contributed by atoms with Crippen LogP contribution in [0.15, 0.2) is 119 Å². The first kappa shape index (κ1) is 58.0. The first-order chi connectivity index (χ1) is 38.6. The van der Waals surface area contributed by atoms with Gasteiger partial charge in [-0.25, -0.2) is 14.8 Å². The van der Waals surface area contributed by atoms with E-state index in [2.05, 4.69) is 40.7 Å². The van der Waals surface area contributed by atoms with Gasteiger partial charge in [0.05, 0.1) is 68.3 Å². The van der Waals surface area contributed by atoms with Crippen LogP contribution in [0.5, 0.6) is 0 Å². The molecule has 418 valence electrons. The van der Waals surface area contributed by atoms with Crippen molar-refractivity contribution in [1.82, 2.24) is 20.2 Å². The zero-order valence-electron chi connectivity index (χ0n) is 44.9. The highest BCUT2D eigenvalue weighted by atomic mass is 19.4. The maximum atomic E-state index is 13.4. The number of hydrogen-bond acceptors (Lipinski definition) is 13. The number of benzene rings is 4. The third kappa shape index (κ3) is 13.8. The van der Waals surface area contributed by atoms with Gasteiger partial charge in [-0.3, -0.25) is 19.6 Å². The number of alkyl halides is 6. The molecule has 81 heavy (non-hydrogen) atoms. The number of aromatic nitrogens is 2. The molecule has 0 bridgehead atoms. The Kier molecular flexibility index (Phi) is 17.5. The van der Waals surface area contributed by atoms with Gasteiger partial charge in [0, 0.05) is 100 Å². The Morgan fingerprint density at radius 3 is 1.41 bits per heavy atom. The van der Waals surface area contributed by atoms with Crippen molar-refractivity contribution >= 4 is 63.7 Å². The predicted octanol–water partition coefficient (Wildman–Crippen LogP) is 11.3. The highest BCUT2D eigenvalue weighted by molar-refractivity contribution is 6.14. The van der Waals surface area contributed by atoms with E-state index >= 15 is 0 Å². The number of carbonyl (C=O) groups excluding carboxylic acids is 3. The summed E-state index contributed by atoms with van der Waals surface area (Å²) in [5, 5.41) is 26.3. The van der Waals surface area contributed by atoms with Crippen LogP contribution in [-0.4, -0.2) is 102 Å². The number of aliphatic imine (C=N–C) groups is 2. The minimum Gasteiger partial charge on any atom is -0.444 e. The zero-order chi connectivity index (χ0) is 58.2. The lowest BCUT2D eigenvalue weighted by Gasteiger charge is -2.36. The zero-order valence-corrected chi connectivity index (χ0v) is 44.9. The Balaban J connectivity index is 0.000000209. The number of anilines is 4. The summed E-state index contributed by atoms with van der Waals surface area (Å²) in [5.74, 6) is 0.474. The number of ether oxygens (including phenoxy) is 1. The molecule has 10 rings (SSSR count). The van der Waals surface area contributed by atoms with E-state index in [4.69, 9.17) is 20.3 Å². The molecule has 0 atom stereocenters. The maximum absolute atomic E-state index is 13.4. The molecule has 6 heterocycles. The molecule has 4 aliphatic rings. The number of rotatable bonds is 8. The number of para-hydroxylation sites is 2. The Bertz CT molecular complexity index is 3480. The summed E-state index contributed by atoms with van der Waals surface area (Å²) >= 11 is 0. The molecule has 0 saturated carbocycles. The molecule has 0 aliphatic carbocycles. The van der Waals surface area contributed by atoms with Crippen LogP contribution >= 0.6 is 0 Å². The third-order valence-corrected chi connectivity index (χ3v) is 13.2. The first-order valence-corrected chi connectivity index (χ1v) is 26.0. The summed E-state index contributed by atoms with van der Waals surface area (Å²) in [6, 6.07) is 27.2. The molecule has 0 spiro atoms. The van der Waals surface area contributed by atoms with Gasteiger partial charge in [0.25, 0.3) is 11.8 Å². The topological polar surface area (TPSA) is 204 Å². The number of halogens is 6. The summed E-state index contributed by atoms with van der Waals surface area (Å²) in [7, 11) is 0. The average Bonchev–Trinajstić information content (AvgIpc) is 4.14. The fraction of sp³-hybridized carbons (Fsp3) is 0.305. The number of fused-ring (bicyclic) bond motifs is 2. The van der Waals surface area contributed by atoms with Gasteiger partial charge in [0.1, 0.15) is 17.2 Å². The van der Waals surface area contributed by atoms with Crippen molar-refractivity contribution in [3.8, 4) is 12.1 Å². The lowest BCUT2D eigenvalue weighted by atomic mass is 10.0. The highest BCUT2D eigenvalue weighted by Gasteiger charge is 2.36. The van der Waals surface area contributed by atoms with Gasteiger partial charge in [-0.2, -0.15) is 36.9 Å². The molecule has 16 nitrogen and oxygen atoms in total. The minimum absolute atomic E-state index is 0.0566. The van der Waals surface area contributed by atoms with Crippen molar-refractivity contribution in [2.24, 2.45) is 9.98 Å². The number of carbonyl (C=O) groups is 3. The molecule has 0 unspecified atom stereocenters. The van der Waals surface area contributed by atoms with Gasteiger partial charge >= 0.3 is 18.4 Å². The molecule has 4 aliphatic heterocycles. The first-order valence-electron chi connectivity index (χ1n) is 26.0. The van der Waals surface area contributed by atoms with Gasteiger partial charge in [-0.05, 0) is 105 Å². The fourth-order valence-corrected chi connectivity index (χ4v) is 9.27. The van der Waals surface area contributed by atoms with Crippen LogP contribution in [0.3, 0.4) is 0 Å². The molecular weight excluding hydrogens is 1050 g/mol. The molecule has 2 fully saturated rings. The average molecular weight is 1110 g/mol. The van der Waals surface area contributed by atoms with E-state index in [9.17, 15) is 40.7 Å². The van der Waals surface area contributed by atoms with Crippen LogP contribution in [0.4, 0.5) is 65.5 Å². The lowest BCUT2D eigenvalue weighted by molar-refractivity contribution is -0.138. The second kappa shape index (κ2) is 24.5. The van der Waals surface area contributed by atoms with Crippen molar-refractivity contribution in [3.05, 3.63) is 165 Å². The number of nitrogens with one attached hydrogen (secondary N) is 3. The van der Waals surface area contributed by atoms with Crippen molar-refractivity contribution in [3.63, 3.8) is 0 Å². The van der Waals surface area contributed by atoms with Gasteiger partial charge in [-0.15, -0.1) is 0 Å². The number of hydrogen-bond donors (Lipinski definition) is 3. The van der Waals surface area contributed by atoms with Crippen LogP contribution < -0.4 is 25.8 Å².